The third-order valence-electron chi connectivity index (χ3n) is 3.26. The monoisotopic (exact) mass is 286 g/mol. The quantitative estimate of drug-likeness (QED) is 0.789. The summed E-state index contributed by atoms with van der Waals surface area (Å²) in [6.45, 7) is 9.04. The van der Waals surface area contributed by atoms with E-state index in [1.54, 1.807) is 11.9 Å². The van der Waals surface area contributed by atoms with Crippen molar-refractivity contribution in [3.05, 3.63) is 0 Å². The number of nitrogens with one attached hydrogen (secondary N) is 1. The predicted octanol–water partition coefficient (Wildman–Crippen LogP) is 2.40. The first-order chi connectivity index (χ1) is 9.38. The summed E-state index contributed by atoms with van der Waals surface area (Å²) in [5, 5.41) is 3.55. The molecule has 1 amide bonds. The summed E-state index contributed by atoms with van der Waals surface area (Å²) in [5.41, 5.74) is -0.427. The highest BCUT2D eigenvalue weighted by Gasteiger charge is 2.19. The summed E-state index contributed by atoms with van der Waals surface area (Å²) in [5.74, 6) is 0. The van der Waals surface area contributed by atoms with E-state index in [1.807, 2.05) is 20.8 Å². The van der Waals surface area contributed by atoms with E-state index in [4.69, 9.17) is 9.47 Å². The van der Waals surface area contributed by atoms with Gasteiger partial charge in [0.1, 0.15) is 5.60 Å². The molecule has 0 aromatic heterocycles. The maximum atomic E-state index is 11.8. The molecule has 20 heavy (non-hydrogen) atoms. The fourth-order valence-electron chi connectivity index (χ4n) is 2.16. The first-order valence-electron chi connectivity index (χ1n) is 7.64. The molecule has 0 spiro atoms. The Morgan fingerprint density at radius 2 is 2.10 bits per heavy atom. The lowest BCUT2D eigenvalue weighted by atomic mass is 10.1. The average molecular weight is 286 g/mol. The summed E-state index contributed by atoms with van der Waals surface area (Å²) >= 11 is 0. The first-order valence-corrected chi connectivity index (χ1v) is 7.64. The molecular formula is C15H30N2O3. The van der Waals surface area contributed by atoms with Gasteiger partial charge < -0.3 is 19.7 Å². The number of nitrogens with zero attached hydrogens (tertiary/aromatic N) is 1. The average Bonchev–Trinajstić information content (AvgIpc) is 2.60. The molecule has 0 aromatic carbocycles. The Morgan fingerprint density at radius 1 is 1.35 bits per heavy atom. The van der Waals surface area contributed by atoms with E-state index in [1.165, 1.54) is 6.42 Å². The van der Waals surface area contributed by atoms with Gasteiger partial charge in [-0.15, -0.1) is 0 Å². The minimum absolute atomic E-state index is 0.250. The third kappa shape index (κ3) is 7.70. The highest BCUT2D eigenvalue weighted by atomic mass is 16.6. The molecular weight excluding hydrogens is 256 g/mol. The second-order valence-corrected chi connectivity index (χ2v) is 6.45. The van der Waals surface area contributed by atoms with Crippen LogP contribution in [0.15, 0.2) is 0 Å². The molecule has 0 radical (unpaired) electrons. The van der Waals surface area contributed by atoms with Crippen LogP contribution in [-0.2, 0) is 9.47 Å². The molecule has 0 bridgehead atoms. The van der Waals surface area contributed by atoms with Crippen LogP contribution in [0.25, 0.3) is 0 Å². The van der Waals surface area contributed by atoms with Crippen molar-refractivity contribution in [2.75, 3.05) is 33.4 Å². The molecule has 5 nitrogen and oxygen atoms in total. The summed E-state index contributed by atoms with van der Waals surface area (Å²) in [4.78, 5) is 13.4. The number of hydrogen-bond donors (Lipinski definition) is 1. The van der Waals surface area contributed by atoms with Crippen molar-refractivity contribution in [3.63, 3.8) is 0 Å². The van der Waals surface area contributed by atoms with Gasteiger partial charge in [0.2, 0.25) is 0 Å². The van der Waals surface area contributed by atoms with Crippen molar-refractivity contribution in [2.24, 2.45) is 0 Å². The number of amides is 1. The smallest absolute Gasteiger partial charge is 0.410 e. The van der Waals surface area contributed by atoms with Crippen LogP contribution in [0.3, 0.4) is 0 Å². The Balaban J connectivity index is 2.12. The predicted molar refractivity (Wildman–Crippen MR) is 79.9 cm³/mol. The lowest BCUT2D eigenvalue weighted by Crippen LogP contribution is -2.36. The molecule has 5 heteroatoms. The molecule has 0 aromatic rings. The number of rotatable bonds is 5. The zero-order valence-electron chi connectivity index (χ0n) is 13.4. The molecule has 1 heterocycles. The van der Waals surface area contributed by atoms with Gasteiger partial charge in [0.15, 0.2) is 0 Å². The van der Waals surface area contributed by atoms with Crippen LogP contribution in [-0.4, -0.2) is 56.0 Å². The third-order valence-corrected chi connectivity index (χ3v) is 3.26. The van der Waals surface area contributed by atoms with Gasteiger partial charge in [-0.2, -0.15) is 0 Å². The van der Waals surface area contributed by atoms with Gasteiger partial charge in [0.25, 0.3) is 0 Å². The van der Waals surface area contributed by atoms with Crippen LogP contribution >= 0.6 is 0 Å². The van der Waals surface area contributed by atoms with Crippen LogP contribution in [0, 0.1) is 0 Å². The standard InChI is InChI=1S/C15H30N2O3/c1-15(2,3)20-14(18)17(4)10-6-9-16-13-7-5-11-19-12-8-13/h13,16H,5-12H2,1-4H3. The molecule has 1 saturated heterocycles. The molecule has 1 rings (SSSR count). The summed E-state index contributed by atoms with van der Waals surface area (Å²) in [6, 6.07) is 0.560. The van der Waals surface area contributed by atoms with Crippen molar-refractivity contribution >= 4 is 6.09 Å². The largest absolute Gasteiger partial charge is 0.444 e. The Labute approximate surface area is 123 Å². The Kier molecular flexibility index (Phi) is 7.30. The number of carbonyl (C=O) groups excluding carboxylic acids is 1. The Hall–Kier alpha value is -0.810. The topological polar surface area (TPSA) is 50.8 Å². The van der Waals surface area contributed by atoms with Gasteiger partial charge in [0.05, 0.1) is 0 Å². The lowest BCUT2D eigenvalue weighted by Gasteiger charge is -2.25. The zero-order valence-corrected chi connectivity index (χ0v) is 13.4. The minimum Gasteiger partial charge on any atom is -0.444 e. The van der Waals surface area contributed by atoms with E-state index in [9.17, 15) is 4.79 Å². The fraction of sp³-hybridized carbons (Fsp3) is 0.933. The fourth-order valence-corrected chi connectivity index (χ4v) is 2.16. The highest BCUT2D eigenvalue weighted by molar-refractivity contribution is 5.67. The molecule has 0 saturated carbocycles. The van der Waals surface area contributed by atoms with Gasteiger partial charge in [0, 0.05) is 32.8 Å². The van der Waals surface area contributed by atoms with Gasteiger partial charge >= 0.3 is 6.09 Å². The number of carbonyl (C=O) groups is 1. The summed E-state index contributed by atoms with van der Waals surface area (Å²) in [7, 11) is 1.79. The first kappa shape index (κ1) is 17.2. The maximum Gasteiger partial charge on any atom is 0.410 e. The highest BCUT2D eigenvalue weighted by Crippen LogP contribution is 2.10. The van der Waals surface area contributed by atoms with Gasteiger partial charge in [-0.3, -0.25) is 0 Å². The summed E-state index contributed by atoms with van der Waals surface area (Å²) in [6.07, 6.45) is 4.09. The minimum atomic E-state index is -0.427. The molecule has 1 fully saturated rings. The van der Waals surface area contributed by atoms with E-state index in [2.05, 4.69) is 5.32 Å². The maximum absolute atomic E-state index is 11.8. The molecule has 0 aliphatic carbocycles. The van der Waals surface area contributed by atoms with E-state index in [-0.39, 0.29) is 6.09 Å². The van der Waals surface area contributed by atoms with Crippen molar-refractivity contribution < 1.29 is 14.3 Å². The molecule has 1 N–H and O–H groups in total. The zero-order chi connectivity index (χ0) is 15.0. The second kappa shape index (κ2) is 8.47. The van der Waals surface area contributed by atoms with Crippen LogP contribution in [0.2, 0.25) is 0 Å². The van der Waals surface area contributed by atoms with Crippen LogP contribution < -0.4 is 5.32 Å². The van der Waals surface area contributed by atoms with Crippen LogP contribution in [0.1, 0.15) is 46.5 Å². The molecule has 1 aliphatic heterocycles. The van der Waals surface area contributed by atoms with Crippen molar-refractivity contribution in [1.82, 2.24) is 10.2 Å². The van der Waals surface area contributed by atoms with Crippen LogP contribution in [0.4, 0.5) is 4.79 Å². The number of ether oxygens (including phenoxy) is 2. The Bertz CT molecular complexity index is 281. The second-order valence-electron chi connectivity index (χ2n) is 6.45. The van der Waals surface area contributed by atoms with E-state index in [0.717, 1.165) is 39.0 Å². The van der Waals surface area contributed by atoms with Crippen molar-refractivity contribution in [1.29, 1.82) is 0 Å². The van der Waals surface area contributed by atoms with E-state index >= 15 is 0 Å². The molecule has 1 unspecified atom stereocenters. The van der Waals surface area contributed by atoms with E-state index < -0.39 is 5.60 Å². The van der Waals surface area contributed by atoms with Gasteiger partial charge in [-0.25, -0.2) is 4.79 Å². The Morgan fingerprint density at radius 3 is 2.80 bits per heavy atom. The van der Waals surface area contributed by atoms with Crippen LogP contribution in [0.5, 0.6) is 0 Å². The molecule has 1 aliphatic rings. The van der Waals surface area contributed by atoms with Crippen molar-refractivity contribution in [3.8, 4) is 0 Å². The van der Waals surface area contributed by atoms with Gasteiger partial charge in [-0.1, -0.05) is 0 Å². The number of hydrogen-bond acceptors (Lipinski definition) is 4. The lowest BCUT2D eigenvalue weighted by molar-refractivity contribution is 0.0297. The normalized spacial score (nSPS) is 20.3. The molecule has 1 atom stereocenters. The van der Waals surface area contributed by atoms with Crippen molar-refractivity contribution in [2.45, 2.75) is 58.1 Å². The van der Waals surface area contributed by atoms with E-state index in [0.29, 0.717) is 12.6 Å². The summed E-state index contributed by atoms with van der Waals surface area (Å²) < 4.78 is 10.8. The molecule has 118 valence electrons. The SMILES string of the molecule is CN(CCCNC1CCCOCC1)C(=O)OC(C)(C)C. The van der Waals surface area contributed by atoms with Gasteiger partial charge in [-0.05, 0) is 53.0 Å².